The summed E-state index contributed by atoms with van der Waals surface area (Å²) in [6, 6.07) is 4.88. The molecule has 13 nitrogen and oxygen atoms in total. The van der Waals surface area contributed by atoms with E-state index < -0.39 is 27.7 Å². The van der Waals surface area contributed by atoms with Crippen LogP contribution in [0.2, 0.25) is 0 Å². The first-order chi connectivity index (χ1) is 18.0. The normalized spacial score (nSPS) is 21.6. The van der Waals surface area contributed by atoms with Crippen molar-refractivity contribution in [2.45, 2.75) is 55.3 Å². The summed E-state index contributed by atoms with van der Waals surface area (Å²) < 4.78 is 62.2. The zero-order valence-electron chi connectivity index (χ0n) is 20.5. The molecule has 2 heterocycles. The summed E-state index contributed by atoms with van der Waals surface area (Å²) in [6.45, 7) is 3.34. The Balaban J connectivity index is 0.000000448. The Kier molecular flexibility index (Phi) is 6.84. The average Bonchev–Trinajstić information content (AvgIpc) is 3.31. The molecule has 1 amide bonds. The minimum atomic E-state index is -5.08. The molecule has 39 heavy (non-hydrogen) atoms. The topological polar surface area (TPSA) is 195 Å². The van der Waals surface area contributed by atoms with Crippen LogP contribution in [0, 0.1) is 6.92 Å². The van der Waals surface area contributed by atoms with E-state index in [0.717, 1.165) is 5.56 Å². The van der Waals surface area contributed by atoms with Gasteiger partial charge in [0.25, 0.3) is 0 Å². The molecule has 0 aliphatic heterocycles. The fraction of sp³-hybridized carbons (Fsp3) is 0.364. The zero-order chi connectivity index (χ0) is 28.8. The van der Waals surface area contributed by atoms with Gasteiger partial charge in [0.1, 0.15) is 12.7 Å². The molecule has 3 aliphatic rings. The fourth-order valence-corrected chi connectivity index (χ4v) is 6.22. The van der Waals surface area contributed by atoms with Gasteiger partial charge in [0.15, 0.2) is 11.6 Å². The molecule has 0 unspecified atom stereocenters. The smallest absolute Gasteiger partial charge is 0.475 e. The van der Waals surface area contributed by atoms with Crippen LogP contribution in [0.25, 0.3) is 17.1 Å². The van der Waals surface area contributed by atoms with E-state index in [1.165, 1.54) is 30.5 Å². The number of carboxylic acid groups (broad SMARTS) is 1. The number of aryl methyl sites for hydroxylation is 1. The van der Waals surface area contributed by atoms with Gasteiger partial charge in [-0.1, -0.05) is 6.07 Å². The number of anilines is 1. The van der Waals surface area contributed by atoms with E-state index in [-0.39, 0.29) is 22.2 Å². The summed E-state index contributed by atoms with van der Waals surface area (Å²) in [5.41, 5.74) is 7.11. The van der Waals surface area contributed by atoms with Crippen LogP contribution in [0.15, 0.2) is 41.9 Å². The summed E-state index contributed by atoms with van der Waals surface area (Å²) >= 11 is 0. The van der Waals surface area contributed by atoms with Crippen LogP contribution in [0.3, 0.4) is 0 Å². The van der Waals surface area contributed by atoms with Gasteiger partial charge in [0.2, 0.25) is 15.9 Å². The van der Waals surface area contributed by atoms with E-state index in [2.05, 4.69) is 30.1 Å². The molecule has 0 saturated heterocycles. The monoisotopic (exact) mass is 568 g/mol. The molecule has 3 saturated carbocycles. The number of nitrogens with one attached hydrogen (secondary N) is 2. The number of nitrogens with zero attached hydrogens (tertiary/aromatic N) is 5. The number of sulfonamides is 1. The lowest BCUT2D eigenvalue weighted by atomic mass is 9.44. The van der Waals surface area contributed by atoms with Crippen molar-refractivity contribution in [3.05, 3.63) is 42.6 Å². The summed E-state index contributed by atoms with van der Waals surface area (Å²) in [7, 11) is -3.77. The van der Waals surface area contributed by atoms with Crippen molar-refractivity contribution < 1.29 is 36.3 Å². The third kappa shape index (κ3) is 5.68. The van der Waals surface area contributed by atoms with Crippen molar-refractivity contribution in [2.75, 3.05) is 5.73 Å². The first-order valence-electron chi connectivity index (χ1n) is 11.3. The summed E-state index contributed by atoms with van der Waals surface area (Å²) in [6.07, 6.45) is 1.03. The minimum absolute atomic E-state index is 0.0980. The van der Waals surface area contributed by atoms with Crippen LogP contribution in [-0.2, 0) is 19.6 Å². The lowest BCUT2D eigenvalue weighted by Crippen LogP contribution is -2.83. The van der Waals surface area contributed by atoms with Crippen molar-refractivity contribution in [1.82, 2.24) is 34.8 Å². The third-order valence-corrected chi connectivity index (χ3v) is 7.85. The molecule has 2 bridgehead atoms. The second-order valence-electron chi connectivity index (χ2n) is 9.46. The Morgan fingerprint density at radius 1 is 1.18 bits per heavy atom. The average molecular weight is 569 g/mol. The molecule has 0 atom stereocenters. The van der Waals surface area contributed by atoms with Crippen molar-refractivity contribution in [3.63, 3.8) is 0 Å². The van der Waals surface area contributed by atoms with Crippen LogP contribution in [0.1, 0.15) is 31.7 Å². The number of alkyl halides is 3. The molecule has 1 aromatic carbocycles. The Hall–Kier alpha value is -4.12. The van der Waals surface area contributed by atoms with Crippen LogP contribution < -0.4 is 15.8 Å². The van der Waals surface area contributed by atoms with Crippen molar-refractivity contribution in [1.29, 1.82) is 0 Å². The van der Waals surface area contributed by atoms with E-state index in [1.54, 1.807) is 18.2 Å². The Labute approximate surface area is 219 Å². The molecule has 17 heteroatoms. The van der Waals surface area contributed by atoms with Gasteiger partial charge in [-0.15, -0.1) is 0 Å². The number of carbonyl (C=O) groups is 2. The molecular formula is C22H23F3N8O5S. The molecular weight excluding hydrogens is 545 g/mol. The van der Waals surface area contributed by atoms with Crippen molar-refractivity contribution in [2.24, 2.45) is 0 Å². The van der Waals surface area contributed by atoms with Crippen LogP contribution in [0.4, 0.5) is 19.0 Å². The van der Waals surface area contributed by atoms with Crippen LogP contribution in [-0.4, -0.2) is 67.4 Å². The van der Waals surface area contributed by atoms with Gasteiger partial charge in [-0.25, -0.2) is 32.9 Å². The maximum Gasteiger partial charge on any atom is 0.490 e. The highest BCUT2D eigenvalue weighted by molar-refractivity contribution is 7.89. The number of hydrogen-bond donors (Lipinski definition) is 4. The number of hydrogen-bond acceptors (Lipinski definition) is 9. The van der Waals surface area contributed by atoms with Crippen molar-refractivity contribution >= 4 is 27.7 Å². The van der Waals surface area contributed by atoms with Crippen LogP contribution in [0.5, 0.6) is 0 Å². The van der Waals surface area contributed by atoms with E-state index in [0.29, 0.717) is 36.3 Å². The molecule has 3 aliphatic carbocycles. The Bertz CT molecular complexity index is 1520. The summed E-state index contributed by atoms with van der Waals surface area (Å²) in [5.74, 6) is -2.37. The van der Waals surface area contributed by atoms with Gasteiger partial charge >= 0.3 is 12.1 Å². The Morgan fingerprint density at radius 2 is 1.82 bits per heavy atom. The highest BCUT2D eigenvalue weighted by Gasteiger charge is 2.69. The van der Waals surface area contributed by atoms with Gasteiger partial charge < -0.3 is 16.2 Å². The van der Waals surface area contributed by atoms with Gasteiger partial charge in [0, 0.05) is 23.6 Å². The highest BCUT2D eigenvalue weighted by Crippen LogP contribution is 2.60. The maximum atomic E-state index is 13.1. The van der Waals surface area contributed by atoms with Gasteiger partial charge in [0.05, 0.1) is 16.8 Å². The molecule has 0 spiro atoms. The Morgan fingerprint density at radius 3 is 2.36 bits per heavy atom. The van der Waals surface area contributed by atoms with Gasteiger partial charge in [-0.05, 0) is 43.9 Å². The molecule has 3 fully saturated rings. The number of carbonyl (C=O) groups excluding carboxylic acids is 1. The first-order valence-corrected chi connectivity index (χ1v) is 12.7. The first kappa shape index (κ1) is 27.9. The highest BCUT2D eigenvalue weighted by atomic mass is 32.2. The van der Waals surface area contributed by atoms with E-state index >= 15 is 0 Å². The molecule has 208 valence electrons. The number of rotatable bonds is 6. The SMILES string of the molecule is CC(=O)NC12CC(NS(=O)(=O)c3ccc(C)c(-c4cnc(N)c(-n5cncn5)n4)c3)(C1)C2.O=C(O)C(F)(F)F. The number of amides is 1. The summed E-state index contributed by atoms with van der Waals surface area (Å²) in [5, 5.41) is 14.1. The fourth-order valence-electron chi connectivity index (χ4n) is 4.79. The largest absolute Gasteiger partial charge is 0.490 e. The second kappa shape index (κ2) is 9.57. The molecule has 5 N–H and O–H groups in total. The predicted molar refractivity (Wildman–Crippen MR) is 129 cm³/mol. The minimum Gasteiger partial charge on any atom is -0.475 e. The second-order valence-corrected chi connectivity index (χ2v) is 11.1. The number of aromatic nitrogens is 5. The number of benzene rings is 1. The third-order valence-electron chi connectivity index (χ3n) is 6.28. The number of nitrogens with two attached hydrogens (primary N) is 1. The molecule has 3 aromatic rings. The van der Waals surface area contributed by atoms with E-state index in [9.17, 15) is 26.4 Å². The summed E-state index contributed by atoms with van der Waals surface area (Å²) in [4.78, 5) is 33.0. The number of aliphatic carboxylic acids is 1. The lowest BCUT2D eigenvalue weighted by Gasteiger charge is -2.70. The molecule has 2 aromatic heterocycles. The maximum absolute atomic E-state index is 13.1. The standard InChI is InChI=1S/C20H22N8O3S.C2HF3O2/c1-12-3-4-14(32(30,31)27-20-7-19(8-20,9-20)26-13(2)29)5-15(12)16-6-23-17(21)18(25-16)28-11-22-10-24-28;3-2(4,5)1(6)7/h3-6,10-11,27H,7-9H2,1-2H3,(H2,21,23)(H,26,29);(H,6,7). The lowest BCUT2D eigenvalue weighted by molar-refractivity contribution is -0.192. The van der Waals surface area contributed by atoms with Crippen molar-refractivity contribution in [3.8, 4) is 17.1 Å². The van der Waals surface area contributed by atoms with Gasteiger partial charge in [-0.3, -0.25) is 4.79 Å². The quantitative estimate of drug-likeness (QED) is 0.337. The zero-order valence-corrected chi connectivity index (χ0v) is 21.3. The number of carboxylic acids is 1. The predicted octanol–water partition coefficient (Wildman–Crippen LogP) is 1.34. The van der Waals surface area contributed by atoms with E-state index in [1.807, 2.05) is 6.92 Å². The van der Waals surface area contributed by atoms with Crippen LogP contribution >= 0.6 is 0 Å². The molecule has 0 radical (unpaired) electrons. The number of nitrogen functional groups attached to an aromatic ring is 1. The van der Waals surface area contributed by atoms with E-state index in [4.69, 9.17) is 15.6 Å². The van der Waals surface area contributed by atoms with Gasteiger partial charge in [-0.2, -0.15) is 23.0 Å². The number of halogens is 3. The molecule has 6 rings (SSSR count).